The maximum Gasteiger partial charge on any atom is 0.313 e. The van der Waals surface area contributed by atoms with Crippen molar-refractivity contribution in [3.05, 3.63) is 65.7 Å². The van der Waals surface area contributed by atoms with E-state index < -0.39 is 64.7 Å². The molecule has 0 saturated heterocycles. The van der Waals surface area contributed by atoms with Gasteiger partial charge in [0.15, 0.2) is 5.78 Å². The highest BCUT2D eigenvalue weighted by Crippen LogP contribution is 2.71. The molecule has 4 fully saturated rings. The summed E-state index contributed by atoms with van der Waals surface area (Å²) in [6.45, 7) is 1.20. The molecule has 0 radical (unpaired) electrons. The van der Waals surface area contributed by atoms with Crippen LogP contribution in [-0.2, 0) is 40.5 Å². The predicted molar refractivity (Wildman–Crippen MR) is 195 cm³/mol. The van der Waals surface area contributed by atoms with E-state index in [0.717, 1.165) is 30.4 Å². The monoisotopic (exact) mass is 721 g/mol. The molecule has 2 aromatic carbocycles. The summed E-state index contributed by atoms with van der Waals surface area (Å²) in [6, 6.07) is 12.9. The van der Waals surface area contributed by atoms with E-state index in [9.17, 15) is 24.3 Å². The molecule has 2 aromatic rings. The number of rotatable bonds is 16. The Morgan fingerprint density at radius 1 is 0.961 bits per heavy atom. The van der Waals surface area contributed by atoms with Crippen molar-refractivity contribution in [3.8, 4) is 5.75 Å². The number of benzene rings is 2. The van der Waals surface area contributed by atoms with Crippen molar-refractivity contribution in [2.45, 2.75) is 80.9 Å². The Morgan fingerprint density at radius 3 is 2.20 bits per heavy atom. The van der Waals surface area contributed by atoms with E-state index >= 15 is 4.79 Å². The van der Waals surface area contributed by atoms with Crippen molar-refractivity contribution in [1.29, 1.82) is 0 Å². The molecule has 6 rings (SSSR count). The van der Waals surface area contributed by atoms with Gasteiger partial charge in [-0.3, -0.25) is 24.0 Å². The molecule has 3 amide bonds. The third-order valence-electron chi connectivity index (χ3n) is 11.4. The lowest BCUT2D eigenvalue weighted by molar-refractivity contribution is -0.199. The van der Waals surface area contributed by atoms with Crippen LogP contribution in [0, 0.1) is 17.3 Å². The van der Waals surface area contributed by atoms with E-state index in [0.29, 0.717) is 25.0 Å². The van der Waals surface area contributed by atoms with Gasteiger partial charge in [0.05, 0.1) is 36.6 Å². The molecule has 13 heteroatoms. The van der Waals surface area contributed by atoms with Crippen LogP contribution in [0.5, 0.6) is 5.75 Å². The number of aromatic hydroxyl groups is 1. The minimum Gasteiger partial charge on any atom is -0.508 e. The highest BCUT2D eigenvalue weighted by molar-refractivity contribution is 7.98. The molecule has 0 spiro atoms. The number of thioether (sulfide) groups is 1. The molecule has 4 aliphatic rings. The van der Waals surface area contributed by atoms with Crippen molar-refractivity contribution in [1.82, 2.24) is 21.3 Å². The molecule has 0 heterocycles. The molecule has 51 heavy (non-hydrogen) atoms. The Bertz CT molecular complexity index is 1590. The zero-order valence-electron chi connectivity index (χ0n) is 29.8. The van der Waals surface area contributed by atoms with Gasteiger partial charge in [-0.15, -0.1) is 0 Å². The van der Waals surface area contributed by atoms with Gasteiger partial charge in [-0.25, -0.2) is 0 Å². The van der Waals surface area contributed by atoms with Crippen LogP contribution < -0.4 is 27.0 Å². The molecular weight excluding hydrogens is 671 g/mol. The first-order chi connectivity index (χ1) is 24.4. The van der Waals surface area contributed by atoms with Crippen LogP contribution in [0.25, 0.3) is 0 Å². The second kappa shape index (κ2) is 15.7. The van der Waals surface area contributed by atoms with Crippen molar-refractivity contribution in [3.63, 3.8) is 0 Å². The van der Waals surface area contributed by atoms with E-state index in [1.54, 1.807) is 19.1 Å². The van der Waals surface area contributed by atoms with E-state index in [-0.39, 0.29) is 29.8 Å². The topological polar surface area (TPSA) is 189 Å². The van der Waals surface area contributed by atoms with Gasteiger partial charge in [-0.2, -0.15) is 11.8 Å². The molecule has 7 N–H and O–H groups in total. The molecular formula is C38H51N5O7S. The third kappa shape index (κ3) is 7.12. The lowest BCUT2D eigenvalue weighted by atomic mass is 9.33. The number of hydrogen-bond donors (Lipinski definition) is 6. The summed E-state index contributed by atoms with van der Waals surface area (Å²) in [5.74, 6) is -1.14. The van der Waals surface area contributed by atoms with Gasteiger partial charge in [0.2, 0.25) is 17.7 Å². The van der Waals surface area contributed by atoms with E-state index in [1.165, 1.54) is 31.0 Å². The third-order valence-corrected chi connectivity index (χ3v) is 12.1. The summed E-state index contributed by atoms with van der Waals surface area (Å²) < 4.78 is 5.50. The van der Waals surface area contributed by atoms with Gasteiger partial charge in [0.1, 0.15) is 11.8 Å². The van der Waals surface area contributed by atoms with E-state index in [1.807, 2.05) is 43.6 Å². The number of ether oxygens (including phenoxy) is 1. The molecule has 0 aliphatic heterocycles. The average molecular weight is 722 g/mol. The number of Topliss-reactive ketones (excluding diaryl/α,β-unsaturated/α-hetero) is 1. The highest BCUT2D eigenvalue weighted by Gasteiger charge is 2.78. The Morgan fingerprint density at radius 2 is 1.61 bits per heavy atom. The second-order valence-electron chi connectivity index (χ2n) is 14.5. The van der Waals surface area contributed by atoms with Gasteiger partial charge in [0, 0.05) is 5.54 Å². The van der Waals surface area contributed by atoms with Crippen molar-refractivity contribution < 1.29 is 33.8 Å². The molecule has 3 unspecified atom stereocenters. The molecule has 12 nitrogen and oxygen atoms in total. The Balaban J connectivity index is 1.31. The van der Waals surface area contributed by atoms with Crippen LogP contribution in [0.2, 0.25) is 0 Å². The number of hydrogen-bond acceptors (Lipinski definition) is 10. The fourth-order valence-electron chi connectivity index (χ4n) is 9.65. The second-order valence-corrected chi connectivity index (χ2v) is 15.5. The van der Waals surface area contributed by atoms with Crippen molar-refractivity contribution >= 4 is 41.2 Å². The molecule has 4 saturated carbocycles. The zero-order chi connectivity index (χ0) is 37.0. The van der Waals surface area contributed by atoms with Crippen LogP contribution in [0.4, 0.5) is 0 Å². The summed E-state index contributed by atoms with van der Waals surface area (Å²) in [5.41, 5.74) is 4.44. The summed E-state index contributed by atoms with van der Waals surface area (Å²) in [7, 11) is 3.23. The SMILES string of the molecule is CNC12CC3CC(C1)CC(C(=O)OC)(C3)C2(C(=O)[C@H](C)NC(=O)CNC(=O)[C@@H](CCSC)NC(=O)[C@@H](N)Cc1ccc(O)cc1)c1ccccc1. The maximum atomic E-state index is 15.2. The van der Waals surface area contributed by atoms with Crippen LogP contribution in [-0.4, -0.2) is 91.0 Å². The van der Waals surface area contributed by atoms with Crippen LogP contribution in [0.1, 0.15) is 56.6 Å². The summed E-state index contributed by atoms with van der Waals surface area (Å²) in [6.07, 6.45) is 5.90. The number of ketones is 1. The molecule has 276 valence electrons. The number of phenolic OH excluding ortho intramolecular Hbond substituents is 1. The summed E-state index contributed by atoms with van der Waals surface area (Å²) >= 11 is 1.51. The fraction of sp³-hybridized carbons (Fsp3) is 0.553. The number of carbonyl (C=O) groups is 5. The summed E-state index contributed by atoms with van der Waals surface area (Å²) in [4.78, 5) is 68.8. The van der Waals surface area contributed by atoms with Gasteiger partial charge in [0.25, 0.3) is 0 Å². The highest BCUT2D eigenvalue weighted by atomic mass is 32.2. The largest absolute Gasteiger partial charge is 0.508 e. The van der Waals surface area contributed by atoms with E-state index in [2.05, 4.69) is 21.3 Å². The smallest absolute Gasteiger partial charge is 0.313 e. The minimum atomic E-state index is -1.32. The van der Waals surface area contributed by atoms with Gasteiger partial charge < -0.3 is 36.8 Å². The fourth-order valence-corrected chi connectivity index (χ4v) is 10.1. The number of carbonyl (C=O) groups excluding carboxylic acids is 5. The minimum absolute atomic E-state index is 0.101. The molecule has 4 bridgehead atoms. The quantitative estimate of drug-likeness (QED) is 0.140. The number of methoxy groups -OCH3 is 1. The lowest BCUT2D eigenvalue weighted by Gasteiger charge is -2.71. The number of likely N-dealkylation sites (N-methyl/N-ethyl adjacent to an activating group) is 1. The molecule has 6 atom stereocenters. The van der Waals surface area contributed by atoms with Gasteiger partial charge >= 0.3 is 5.97 Å². The number of nitrogens with one attached hydrogen (secondary N) is 4. The first-order valence-electron chi connectivity index (χ1n) is 17.6. The Hall–Kier alpha value is -3.94. The van der Waals surface area contributed by atoms with E-state index in [4.69, 9.17) is 10.5 Å². The Kier molecular flexibility index (Phi) is 11.8. The summed E-state index contributed by atoms with van der Waals surface area (Å²) in [5, 5.41) is 21.2. The van der Waals surface area contributed by atoms with Gasteiger partial charge in [-0.05, 0) is 106 Å². The van der Waals surface area contributed by atoms with Gasteiger partial charge in [-0.1, -0.05) is 42.5 Å². The molecule has 4 aliphatic carbocycles. The number of nitrogens with two attached hydrogens (primary N) is 1. The van der Waals surface area contributed by atoms with Crippen molar-refractivity contribution in [2.75, 3.05) is 32.7 Å². The first kappa shape index (κ1) is 38.3. The number of amides is 3. The number of esters is 1. The zero-order valence-corrected chi connectivity index (χ0v) is 30.6. The standard InChI is InChI=1S/C38H51N5O7S/c1-23(42-31(45)22-41-34(48)30(14-15-51-4)43-33(47)29(39)17-24-10-12-28(44)13-11-24)32(46)38(27-8-6-5-7-9-27)36(35(49)50-3)18-25-16-26(19-36)21-37(38,20-25)40-2/h5-13,23,25-26,29-30,40,44H,14-22,39H2,1-4H3,(H,41,48)(H,42,45)(H,43,47)/t23-,25?,26?,29-,30+,36?,37?,38?/m0/s1. The lowest BCUT2D eigenvalue weighted by Crippen LogP contribution is -2.81. The first-order valence-corrected chi connectivity index (χ1v) is 19.0. The average Bonchev–Trinajstić information content (AvgIpc) is 3.12. The van der Waals surface area contributed by atoms with Crippen LogP contribution in [0.3, 0.4) is 0 Å². The normalized spacial score (nSPS) is 27.9. The molecule has 0 aromatic heterocycles. The maximum absolute atomic E-state index is 15.2. The number of phenols is 1. The van der Waals surface area contributed by atoms with Crippen LogP contribution >= 0.6 is 11.8 Å². The predicted octanol–water partition coefficient (Wildman–Crippen LogP) is 1.97. The van der Waals surface area contributed by atoms with Crippen LogP contribution in [0.15, 0.2) is 54.6 Å². The van der Waals surface area contributed by atoms with Crippen molar-refractivity contribution in [2.24, 2.45) is 23.0 Å². The Labute approximate surface area is 303 Å².